The smallest absolute Gasteiger partial charge is 0.223 e. The summed E-state index contributed by atoms with van der Waals surface area (Å²) in [5.74, 6) is 1.02. The van der Waals surface area contributed by atoms with E-state index in [1.165, 1.54) is 11.1 Å². The van der Waals surface area contributed by atoms with Crippen LogP contribution in [0.15, 0.2) is 18.3 Å². The van der Waals surface area contributed by atoms with Crippen LogP contribution in [0, 0.1) is 13.8 Å². The number of hydrogen-bond donors (Lipinski definition) is 1. The lowest BCUT2D eigenvalue weighted by Crippen LogP contribution is -2.50. The number of H-pyrrole nitrogens is 1. The van der Waals surface area contributed by atoms with Crippen molar-refractivity contribution in [2.24, 2.45) is 0 Å². The van der Waals surface area contributed by atoms with Crippen LogP contribution in [0.25, 0.3) is 11.0 Å². The Morgan fingerprint density at radius 2 is 2.25 bits per heavy atom. The second-order valence-corrected chi connectivity index (χ2v) is 7.80. The average molecular weight is 380 g/mol. The molecule has 146 valence electrons. The molecule has 2 atom stereocenters. The molecule has 8 heteroatoms. The van der Waals surface area contributed by atoms with Crippen LogP contribution in [0.4, 0.5) is 0 Å². The molecule has 0 spiro atoms. The molecule has 2 aliphatic heterocycles. The van der Waals surface area contributed by atoms with Gasteiger partial charge in [0.15, 0.2) is 0 Å². The molecule has 0 bridgehead atoms. The van der Waals surface area contributed by atoms with Crippen LogP contribution in [0.2, 0.25) is 0 Å². The van der Waals surface area contributed by atoms with Gasteiger partial charge in [0.05, 0.1) is 41.7 Å². The van der Waals surface area contributed by atoms with Crippen molar-refractivity contribution in [3.63, 3.8) is 0 Å². The molecule has 0 radical (unpaired) electrons. The summed E-state index contributed by atoms with van der Waals surface area (Å²) >= 11 is 0. The molecule has 2 aliphatic rings. The van der Waals surface area contributed by atoms with E-state index in [4.69, 9.17) is 9.72 Å². The molecule has 28 heavy (non-hydrogen) atoms. The molecule has 0 aliphatic carbocycles. The van der Waals surface area contributed by atoms with E-state index in [2.05, 4.69) is 41.3 Å². The Kier molecular flexibility index (Phi) is 4.16. The van der Waals surface area contributed by atoms with Gasteiger partial charge in [-0.2, -0.15) is 0 Å². The molecular weight excluding hydrogens is 356 g/mol. The second-order valence-electron chi connectivity index (χ2n) is 7.80. The number of amides is 1. The Hall–Kier alpha value is -2.74. The number of likely N-dealkylation sites (tertiary alicyclic amines) is 1. The molecule has 2 aromatic heterocycles. The van der Waals surface area contributed by atoms with Crippen molar-refractivity contribution in [3.8, 4) is 0 Å². The molecule has 1 aromatic carbocycles. The maximum absolute atomic E-state index is 12.8. The zero-order valence-corrected chi connectivity index (χ0v) is 16.2. The normalized spacial score (nSPS) is 21.6. The van der Waals surface area contributed by atoms with E-state index in [1.807, 2.05) is 9.58 Å². The number of imidazole rings is 1. The number of nitrogens with one attached hydrogen (secondary N) is 1. The van der Waals surface area contributed by atoms with Gasteiger partial charge in [-0.25, -0.2) is 9.67 Å². The predicted molar refractivity (Wildman–Crippen MR) is 103 cm³/mol. The lowest BCUT2D eigenvalue weighted by atomic mass is 10.00. The summed E-state index contributed by atoms with van der Waals surface area (Å²) in [6, 6.07) is 4.21. The van der Waals surface area contributed by atoms with Gasteiger partial charge in [0, 0.05) is 25.9 Å². The van der Waals surface area contributed by atoms with Crippen LogP contribution >= 0.6 is 0 Å². The minimum atomic E-state index is 0.0563. The summed E-state index contributed by atoms with van der Waals surface area (Å²) in [5, 5.41) is 8.19. The van der Waals surface area contributed by atoms with E-state index >= 15 is 0 Å². The standard InChI is InChI=1S/C20H24N6O2/c1-12-3-4-15-20(13(12)2)23-18(22-15)5-6-19(27)25-8-7-17-16(10-25)26-14(11-28-17)9-21-24-26/h3-4,9,16-17H,5-8,10-11H2,1-2H3,(H,22,23)/t16-,17+/m1/s1. The summed E-state index contributed by atoms with van der Waals surface area (Å²) in [7, 11) is 0. The number of rotatable bonds is 3. The van der Waals surface area contributed by atoms with Gasteiger partial charge >= 0.3 is 0 Å². The van der Waals surface area contributed by atoms with Crippen LogP contribution in [0.1, 0.15) is 41.5 Å². The minimum Gasteiger partial charge on any atom is -0.370 e. The number of piperidine rings is 1. The van der Waals surface area contributed by atoms with Gasteiger partial charge in [-0.1, -0.05) is 11.3 Å². The zero-order chi connectivity index (χ0) is 19.3. The molecule has 0 saturated carbocycles. The highest BCUT2D eigenvalue weighted by Gasteiger charge is 2.37. The fourth-order valence-corrected chi connectivity index (χ4v) is 4.27. The summed E-state index contributed by atoms with van der Waals surface area (Å²) in [5.41, 5.74) is 5.43. The van der Waals surface area contributed by atoms with Crippen LogP contribution in [0.3, 0.4) is 0 Å². The average Bonchev–Trinajstić information content (AvgIpc) is 3.35. The third-order valence-electron chi connectivity index (χ3n) is 6.08. The highest BCUT2D eigenvalue weighted by Crippen LogP contribution is 2.30. The number of nitrogens with zero attached hydrogens (tertiary/aromatic N) is 5. The summed E-state index contributed by atoms with van der Waals surface area (Å²) in [6.07, 6.45) is 3.74. The van der Waals surface area contributed by atoms with E-state index in [9.17, 15) is 4.79 Å². The lowest BCUT2D eigenvalue weighted by Gasteiger charge is -2.41. The van der Waals surface area contributed by atoms with Gasteiger partial charge in [0.25, 0.3) is 0 Å². The van der Waals surface area contributed by atoms with Gasteiger partial charge < -0.3 is 14.6 Å². The maximum atomic E-state index is 12.8. The fourth-order valence-electron chi connectivity index (χ4n) is 4.27. The zero-order valence-electron chi connectivity index (χ0n) is 16.2. The molecule has 8 nitrogen and oxygen atoms in total. The number of carbonyl (C=O) groups excluding carboxylic acids is 1. The SMILES string of the molecule is Cc1ccc2[nH]c(CCC(=O)N3CC[C@@H]4OCc5cnnn5[C@@H]4C3)nc2c1C. The third kappa shape index (κ3) is 2.88. The Labute approximate surface area is 162 Å². The quantitative estimate of drug-likeness (QED) is 0.751. The van der Waals surface area contributed by atoms with Crippen molar-refractivity contribution >= 4 is 16.9 Å². The van der Waals surface area contributed by atoms with Gasteiger partial charge in [-0.15, -0.1) is 5.10 Å². The van der Waals surface area contributed by atoms with E-state index in [0.29, 0.717) is 26.0 Å². The van der Waals surface area contributed by atoms with Crippen LogP contribution in [-0.2, 0) is 22.6 Å². The number of aromatic amines is 1. The second kappa shape index (κ2) is 6.70. The van der Waals surface area contributed by atoms with Crippen LogP contribution in [0.5, 0.6) is 0 Å². The Morgan fingerprint density at radius 3 is 3.14 bits per heavy atom. The first kappa shape index (κ1) is 17.4. The van der Waals surface area contributed by atoms with Crippen molar-refractivity contribution in [3.05, 3.63) is 41.0 Å². The molecule has 1 fully saturated rings. The first-order chi connectivity index (χ1) is 13.6. The van der Waals surface area contributed by atoms with Crippen LogP contribution in [-0.4, -0.2) is 55.0 Å². The summed E-state index contributed by atoms with van der Waals surface area (Å²) < 4.78 is 7.85. The van der Waals surface area contributed by atoms with E-state index in [0.717, 1.165) is 35.5 Å². The fraction of sp³-hybridized carbons (Fsp3) is 0.500. The lowest BCUT2D eigenvalue weighted by molar-refractivity contribution is -0.138. The topological polar surface area (TPSA) is 88.9 Å². The third-order valence-corrected chi connectivity index (χ3v) is 6.08. The highest BCUT2D eigenvalue weighted by molar-refractivity contribution is 5.80. The van der Waals surface area contributed by atoms with Gasteiger partial charge in [0.2, 0.25) is 5.91 Å². The Morgan fingerprint density at radius 1 is 1.36 bits per heavy atom. The predicted octanol–water partition coefficient (Wildman–Crippen LogP) is 2.08. The number of hydrogen-bond acceptors (Lipinski definition) is 5. The molecule has 4 heterocycles. The summed E-state index contributed by atoms with van der Waals surface area (Å²) in [6.45, 7) is 6.07. The number of fused-ring (bicyclic) bond motifs is 4. The molecular formula is C20H24N6O2. The van der Waals surface area contributed by atoms with Gasteiger partial charge in [0.1, 0.15) is 5.82 Å². The molecule has 5 rings (SSSR count). The van der Waals surface area contributed by atoms with Crippen LogP contribution < -0.4 is 0 Å². The van der Waals surface area contributed by atoms with Crippen molar-refractivity contribution in [1.29, 1.82) is 0 Å². The highest BCUT2D eigenvalue weighted by atomic mass is 16.5. The Bertz CT molecular complexity index is 1040. The monoisotopic (exact) mass is 380 g/mol. The summed E-state index contributed by atoms with van der Waals surface area (Å²) in [4.78, 5) is 22.8. The van der Waals surface area contributed by atoms with Crippen molar-refractivity contribution < 1.29 is 9.53 Å². The van der Waals surface area contributed by atoms with E-state index in [1.54, 1.807) is 6.20 Å². The number of ether oxygens (including phenoxy) is 1. The molecule has 1 N–H and O–H groups in total. The first-order valence-corrected chi connectivity index (χ1v) is 9.83. The maximum Gasteiger partial charge on any atom is 0.223 e. The van der Waals surface area contributed by atoms with Crippen molar-refractivity contribution in [1.82, 2.24) is 29.9 Å². The van der Waals surface area contributed by atoms with Crippen molar-refractivity contribution in [2.75, 3.05) is 13.1 Å². The first-order valence-electron chi connectivity index (χ1n) is 9.83. The Balaban J connectivity index is 1.26. The van der Waals surface area contributed by atoms with Gasteiger partial charge in [-0.05, 0) is 37.5 Å². The van der Waals surface area contributed by atoms with Crippen molar-refractivity contribution in [2.45, 2.75) is 51.9 Å². The number of aryl methyl sites for hydroxylation is 3. The number of aromatic nitrogens is 5. The number of benzene rings is 1. The van der Waals surface area contributed by atoms with E-state index in [-0.39, 0.29) is 18.1 Å². The van der Waals surface area contributed by atoms with Gasteiger partial charge in [-0.3, -0.25) is 4.79 Å². The molecule has 3 aromatic rings. The molecule has 0 unspecified atom stereocenters. The minimum absolute atomic E-state index is 0.0563. The molecule has 1 amide bonds. The largest absolute Gasteiger partial charge is 0.370 e. The van der Waals surface area contributed by atoms with E-state index < -0.39 is 0 Å². The molecule has 1 saturated heterocycles. The number of carbonyl (C=O) groups is 1.